The molecule has 14 heavy (non-hydrogen) atoms. The summed E-state index contributed by atoms with van der Waals surface area (Å²) >= 11 is 0. The van der Waals surface area contributed by atoms with Gasteiger partial charge in [-0.3, -0.25) is 10.00 Å². The maximum absolute atomic E-state index is 3.93. The SMILES string of the molecule is CC.CC(C)N(C)C(C)c1ccn[nH]1. The van der Waals surface area contributed by atoms with Crippen molar-refractivity contribution in [3.63, 3.8) is 0 Å². The van der Waals surface area contributed by atoms with Crippen LogP contribution in [0.25, 0.3) is 0 Å². The first-order valence-corrected chi connectivity index (χ1v) is 5.34. The summed E-state index contributed by atoms with van der Waals surface area (Å²) < 4.78 is 0. The van der Waals surface area contributed by atoms with Gasteiger partial charge < -0.3 is 0 Å². The van der Waals surface area contributed by atoms with Crippen LogP contribution in [0.4, 0.5) is 0 Å². The van der Waals surface area contributed by atoms with Gasteiger partial charge in [-0.15, -0.1) is 0 Å². The first kappa shape index (κ1) is 13.2. The molecule has 0 aliphatic heterocycles. The monoisotopic (exact) mass is 197 g/mol. The Morgan fingerprint density at radius 1 is 1.29 bits per heavy atom. The molecule has 0 amide bonds. The van der Waals surface area contributed by atoms with Gasteiger partial charge in [-0.2, -0.15) is 5.10 Å². The summed E-state index contributed by atoms with van der Waals surface area (Å²) in [5.41, 5.74) is 1.17. The van der Waals surface area contributed by atoms with Crippen LogP contribution >= 0.6 is 0 Å². The average molecular weight is 197 g/mol. The first-order valence-electron chi connectivity index (χ1n) is 5.34. The van der Waals surface area contributed by atoms with Gasteiger partial charge in [0.25, 0.3) is 0 Å². The highest BCUT2D eigenvalue weighted by Crippen LogP contribution is 2.17. The number of hydrogen-bond donors (Lipinski definition) is 1. The van der Waals surface area contributed by atoms with E-state index in [9.17, 15) is 0 Å². The molecule has 1 heterocycles. The molecule has 1 aromatic rings. The highest BCUT2D eigenvalue weighted by atomic mass is 15.2. The zero-order valence-electron chi connectivity index (χ0n) is 10.2. The minimum atomic E-state index is 0.410. The smallest absolute Gasteiger partial charge is 0.0520 e. The van der Waals surface area contributed by atoms with Crippen molar-refractivity contribution in [1.82, 2.24) is 15.1 Å². The lowest BCUT2D eigenvalue weighted by atomic mass is 10.2. The van der Waals surface area contributed by atoms with Crippen molar-refractivity contribution in [3.05, 3.63) is 18.0 Å². The Kier molecular flexibility index (Phi) is 6.21. The number of rotatable bonds is 3. The van der Waals surface area contributed by atoms with Gasteiger partial charge in [0.05, 0.1) is 5.69 Å². The molecule has 1 rings (SSSR count). The Hall–Kier alpha value is -0.830. The van der Waals surface area contributed by atoms with Gasteiger partial charge in [-0.05, 0) is 33.9 Å². The molecule has 1 atom stereocenters. The second-order valence-electron chi connectivity index (χ2n) is 3.45. The van der Waals surface area contributed by atoms with Crippen LogP contribution in [0.2, 0.25) is 0 Å². The number of nitrogens with one attached hydrogen (secondary N) is 1. The van der Waals surface area contributed by atoms with Gasteiger partial charge in [0.2, 0.25) is 0 Å². The Morgan fingerprint density at radius 3 is 2.21 bits per heavy atom. The van der Waals surface area contributed by atoms with Gasteiger partial charge in [-0.1, -0.05) is 13.8 Å². The molecule has 1 aromatic heterocycles. The van der Waals surface area contributed by atoms with Crippen molar-refractivity contribution >= 4 is 0 Å². The summed E-state index contributed by atoms with van der Waals surface area (Å²) in [4.78, 5) is 2.30. The molecule has 82 valence electrons. The molecule has 0 aliphatic rings. The zero-order valence-corrected chi connectivity index (χ0v) is 10.2. The molecule has 0 spiro atoms. The second-order valence-corrected chi connectivity index (χ2v) is 3.45. The van der Waals surface area contributed by atoms with Gasteiger partial charge in [-0.25, -0.2) is 0 Å². The van der Waals surface area contributed by atoms with Gasteiger partial charge in [0.1, 0.15) is 0 Å². The molecule has 0 fully saturated rings. The van der Waals surface area contributed by atoms with E-state index in [1.807, 2.05) is 19.9 Å². The number of nitrogens with zero attached hydrogens (tertiary/aromatic N) is 2. The summed E-state index contributed by atoms with van der Waals surface area (Å²) in [6, 6.07) is 2.99. The van der Waals surface area contributed by atoms with E-state index in [-0.39, 0.29) is 0 Å². The molecule has 0 bridgehead atoms. The quantitative estimate of drug-likeness (QED) is 0.808. The van der Waals surface area contributed by atoms with E-state index in [1.54, 1.807) is 6.20 Å². The van der Waals surface area contributed by atoms with Crippen LogP contribution in [0.5, 0.6) is 0 Å². The maximum atomic E-state index is 3.93. The minimum Gasteiger partial charge on any atom is -0.296 e. The Balaban J connectivity index is 0.000000791. The summed E-state index contributed by atoms with van der Waals surface area (Å²) in [5, 5.41) is 6.91. The molecule has 0 radical (unpaired) electrons. The third-order valence-electron chi connectivity index (χ3n) is 2.40. The summed E-state index contributed by atoms with van der Waals surface area (Å²) in [6.07, 6.45) is 1.79. The van der Waals surface area contributed by atoms with Gasteiger partial charge >= 0.3 is 0 Å². The number of hydrogen-bond acceptors (Lipinski definition) is 2. The third kappa shape index (κ3) is 3.50. The zero-order chi connectivity index (χ0) is 11.1. The average Bonchev–Trinajstić information content (AvgIpc) is 2.71. The molecule has 0 saturated carbocycles. The molecule has 0 aromatic carbocycles. The lowest BCUT2D eigenvalue weighted by molar-refractivity contribution is 0.206. The molecular formula is C11H23N3. The highest BCUT2D eigenvalue weighted by Gasteiger charge is 2.14. The summed E-state index contributed by atoms with van der Waals surface area (Å²) in [7, 11) is 2.12. The van der Waals surface area contributed by atoms with Gasteiger partial charge in [0.15, 0.2) is 0 Å². The highest BCUT2D eigenvalue weighted by molar-refractivity contribution is 5.03. The van der Waals surface area contributed by atoms with E-state index in [0.29, 0.717) is 12.1 Å². The van der Waals surface area contributed by atoms with Crippen molar-refractivity contribution < 1.29 is 0 Å². The van der Waals surface area contributed by atoms with Crippen LogP contribution in [-0.4, -0.2) is 28.2 Å². The van der Waals surface area contributed by atoms with Crippen molar-refractivity contribution in [3.8, 4) is 0 Å². The van der Waals surface area contributed by atoms with E-state index in [2.05, 4.69) is 42.9 Å². The van der Waals surface area contributed by atoms with Crippen molar-refractivity contribution in [2.75, 3.05) is 7.05 Å². The van der Waals surface area contributed by atoms with Crippen molar-refractivity contribution in [1.29, 1.82) is 0 Å². The van der Waals surface area contributed by atoms with E-state index in [1.165, 1.54) is 5.69 Å². The van der Waals surface area contributed by atoms with Gasteiger partial charge in [0, 0.05) is 18.3 Å². The Labute approximate surface area is 87.5 Å². The number of H-pyrrole nitrogens is 1. The number of aromatic nitrogens is 2. The predicted molar refractivity (Wildman–Crippen MR) is 61.2 cm³/mol. The first-order chi connectivity index (χ1) is 6.63. The number of aromatic amines is 1. The molecule has 0 aliphatic carbocycles. The molecule has 0 saturated heterocycles. The Morgan fingerprint density at radius 2 is 1.86 bits per heavy atom. The fourth-order valence-electron chi connectivity index (χ4n) is 1.17. The fourth-order valence-corrected chi connectivity index (χ4v) is 1.17. The maximum Gasteiger partial charge on any atom is 0.0520 e. The molecular weight excluding hydrogens is 174 g/mol. The van der Waals surface area contributed by atoms with Crippen molar-refractivity contribution in [2.45, 2.75) is 46.7 Å². The van der Waals surface area contributed by atoms with E-state index < -0.39 is 0 Å². The largest absolute Gasteiger partial charge is 0.296 e. The van der Waals surface area contributed by atoms with Crippen LogP contribution < -0.4 is 0 Å². The lowest BCUT2D eigenvalue weighted by Crippen LogP contribution is -2.29. The normalized spacial score (nSPS) is 12.6. The molecule has 3 nitrogen and oxygen atoms in total. The van der Waals surface area contributed by atoms with Crippen LogP contribution in [-0.2, 0) is 0 Å². The second kappa shape index (κ2) is 6.60. The van der Waals surface area contributed by atoms with E-state index >= 15 is 0 Å². The Bertz CT molecular complexity index is 216. The molecule has 1 N–H and O–H groups in total. The molecule has 1 unspecified atom stereocenters. The van der Waals surface area contributed by atoms with E-state index in [4.69, 9.17) is 0 Å². The predicted octanol–water partition coefficient (Wildman–Crippen LogP) is 2.84. The van der Waals surface area contributed by atoms with Crippen LogP contribution in [0.3, 0.4) is 0 Å². The summed E-state index contributed by atoms with van der Waals surface area (Å²) in [5.74, 6) is 0. The lowest BCUT2D eigenvalue weighted by Gasteiger charge is -2.27. The van der Waals surface area contributed by atoms with E-state index in [0.717, 1.165) is 0 Å². The third-order valence-corrected chi connectivity index (χ3v) is 2.40. The standard InChI is InChI=1S/C9H17N3.C2H6/c1-7(2)12(4)8(3)9-5-6-10-11-9;1-2/h5-8H,1-4H3,(H,10,11);1-2H3. The van der Waals surface area contributed by atoms with Crippen LogP contribution in [0, 0.1) is 0 Å². The minimum absolute atomic E-state index is 0.410. The van der Waals surface area contributed by atoms with Crippen LogP contribution in [0.15, 0.2) is 12.3 Å². The van der Waals surface area contributed by atoms with Crippen molar-refractivity contribution in [2.24, 2.45) is 0 Å². The van der Waals surface area contributed by atoms with Crippen LogP contribution in [0.1, 0.15) is 46.4 Å². The fraction of sp³-hybridized carbons (Fsp3) is 0.727. The topological polar surface area (TPSA) is 31.9 Å². The summed E-state index contributed by atoms with van der Waals surface area (Å²) in [6.45, 7) is 10.5. The molecule has 3 heteroatoms.